The first-order valence-electron chi connectivity index (χ1n) is 5.61. The average Bonchev–Trinajstić information content (AvgIpc) is 2.99. The van der Waals surface area contributed by atoms with Crippen molar-refractivity contribution in [3.05, 3.63) is 11.3 Å². The Labute approximate surface area is 102 Å². The zero-order valence-corrected chi connectivity index (χ0v) is 11.1. The van der Waals surface area contributed by atoms with Crippen molar-refractivity contribution < 1.29 is 13.2 Å². The van der Waals surface area contributed by atoms with Crippen molar-refractivity contribution >= 4 is 15.0 Å². The van der Waals surface area contributed by atoms with Crippen LogP contribution in [0.5, 0.6) is 0 Å². The Morgan fingerprint density at radius 2 is 1.82 bits per heavy atom. The highest BCUT2D eigenvalue weighted by atomic mass is 31.0. The summed E-state index contributed by atoms with van der Waals surface area (Å²) in [6.07, 6.45) is -1.34. The summed E-state index contributed by atoms with van der Waals surface area (Å²) in [4.78, 5) is 0. The summed E-state index contributed by atoms with van der Waals surface area (Å²) in [6, 6.07) is -0.0528. The number of rotatable bonds is 6. The molecule has 2 atom stereocenters. The van der Waals surface area contributed by atoms with Crippen LogP contribution in [0.4, 0.5) is 13.2 Å². The van der Waals surface area contributed by atoms with Crippen molar-refractivity contribution in [2.24, 2.45) is 5.92 Å². The van der Waals surface area contributed by atoms with Gasteiger partial charge in [-0.3, -0.25) is 5.41 Å². The lowest BCUT2D eigenvalue weighted by Gasteiger charge is -2.21. The second-order valence-electron chi connectivity index (χ2n) is 4.52. The minimum absolute atomic E-state index is 0.0528. The van der Waals surface area contributed by atoms with Gasteiger partial charge >= 0.3 is 0 Å². The molecule has 0 aromatic heterocycles. The fourth-order valence-corrected chi connectivity index (χ4v) is 1.97. The number of allylic oxidation sites excluding steroid dienone is 2. The molecule has 6 heteroatoms. The van der Waals surface area contributed by atoms with Crippen LogP contribution < -0.4 is 5.32 Å². The number of nitrogens with one attached hydrogen (secondary N) is 2. The summed E-state index contributed by atoms with van der Waals surface area (Å²) in [7, 11) is 1.95. The zero-order chi connectivity index (χ0) is 13.2. The van der Waals surface area contributed by atoms with Gasteiger partial charge in [0.05, 0.1) is 5.70 Å². The Morgan fingerprint density at radius 3 is 2.12 bits per heavy atom. The van der Waals surface area contributed by atoms with Gasteiger partial charge in [0.1, 0.15) is 5.71 Å². The van der Waals surface area contributed by atoms with Crippen molar-refractivity contribution in [2.45, 2.75) is 45.1 Å². The topological polar surface area (TPSA) is 35.9 Å². The molecular weight excluding hydrogens is 248 g/mol. The Bertz CT molecular complexity index is 323. The molecule has 2 nitrogen and oxygen atoms in total. The summed E-state index contributed by atoms with van der Waals surface area (Å²) in [5.74, 6) is -1.52. The molecule has 17 heavy (non-hydrogen) atoms. The molecule has 1 aliphatic carbocycles. The van der Waals surface area contributed by atoms with Crippen LogP contribution in [0.2, 0.25) is 0 Å². The maximum atomic E-state index is 13.5. The molecule has 1 rings (SSSR count). The van der Waals surface area contributed by atoms with E-state index in [-0.39, 0.29) is 23.2 Å². The van der Waals surface area contributed by atoms with E-state index in [4.69, 9.17) is 5.41 Å². The molecule has 0 aromatic rings. The third-order valence-electron chi connectivity index (χ3n) is 2.50. The summed E-state index contributed by atoms with van der Waals surface area (Å²) in [6.45, 7) is 3.62. The molecular formula is C11H18F3N2P. The van der Waals surface area contributed by atoms with Crippen LogP contribution in [0, 0.1) is 11.3 Å². The molecule has 0 aliphatic heterocycles. The second-order valence-corrected chi connectivity index (χ2v) is 5.10. The fourth-order valence-electron chi connectivity index (χ4n) is 1.69. The van der Waals surface area contributed by atoms with Gasteiger partial charge in [-0.05, 0) is 32.6 Å². The predicted octanol–water partition coefficient (Wildman–Crippen LogP) is 3.10. The molecule has 0 amide bonds. The maximum absolute atomic E-state index is 13.5. The quantitative estimate of drug-likeness (QED) is 0.562. The smallest absolute Gasteiger partial charge is 0.280 e. The van der Waals surface area contributed by atoms with Gasteiger partial charge in [0.15, 0.2) is 5.91 Å². The van der Waals surface area contributed by atoms with Crippen LogP contribution in [0.1, 0.15) is 26.7 Å². The third kappa shape index (κ3) is 3.98. The average molecular weight is 266 g/mol. The Morgan fingerprint density at radius 1 is 1.29 bits per heavy atom. The van der Waals surface area contributed by atoms with Crippen LogP contribution in [0.3, 0.4) is 0 Å². The van der Waals surface area contributed by atoms with Gasteiger partial charge < -0.3 is 5.32 Å². The van der Waals surface area contributed by atoms with Crippen molar-refractivity contribution in [2.75, 3.05) is 0 Å². The van der Waals surface area contributed by atoms with Crippen LogP contribution in [-0.2, 0) is 0 Å². The molecule has 0 saturated heterocycles. The van der Waals surface area contributed by atoms with Crippen LogP contribution in [0.25, 0.3) is 0 Å². The van der Waals surface area contributed by atoms with E-state index < -0.39 is 18.0 Å². The molecule has 1 fully saturated rings. The lowest BCUT2D eigenvalue weighted by Crippen LogP contribution is -2.30. The first-order valence-corrected chi connectivity index (χ1v) is 6.28. The summed E-state index contributed by atoms with van der Waals surface area (Å²) >= 11 is 0. The molecule has 0 radical (unpaired) electrons. The minimum atomic E-state index is -2.85. The lowest BCUT2D eigenvalue weighted by atomic mass is 10.0. The van der Waals surface area contributed by atoms with E-state index in [0.29, 0.717) is 0 Å². The van der Waals surface area contributed by atoms with Gasteiger partial charge in [0, 0.05) is 11.6 Å². The Kier molecular flexibility index (Phi) is 4.99. The van der Waals surface area contributed by atoms with Gasteiger partial charge in [0.2, 0.25) is 0 Å². The van der Waals surface area contributed by atoms with Crippen molar-refractivity contribution in [3.63, 3.8) is 0 Å². The number of alkyl halides is 3. The van der Waals surface area contributed by atoms with Gasteiger partial charge in [-0.15, -0.1) is 0 Å². The molecule has 0 heterocycles. The number of hydrogen-bond donors (Lipinski definition) is 2. The molecule has 0 spiro atoms. The lowest BCUT2D eigenvalue weighted by molar-refractivity contribution is 0.224. The predicted molar refractivity (Wildman–Crippen MR) is 66.4 cm³/mol. The number of halogens is 3. The monoisotopic (exact) mass is 266 g/mol. The summed E-state index contributed by atoms with van der Waals surface area (Å²) in [5, 5.41) is 10.3. The molecule has 1 aliphatic rings. The first-order chi connectivity index (χ1) is 7.84. The molecule has 2 unspecified atom stereocenters. The Hall–Kier alpha value is -0.570. The van der Waals surface area contributed by atoms with E-state index in [1.165, 1.54) is 0 Å². The second kappa shape index (κ2) is 5.85. The van der Waals surface area contributed by atoms with E-state index in [1.54, 1.807) is 0 Å². The highest BCUT2D eigenvalue weighted by Crippen LogP contribution is 2.40. The van der Waals surface area contributed by atoms with Gasteiger partial charge in [-0.25, -0.2) is 13.2 Å². The van der Waals surface area contributed by atoms with E-state index >= 15 is 0 Å². The molecule has 0 aromatic carbocycles. The maximum Gasteiger partial charge on any atom is 0.280 e. The van der Waals surface area contributed by atoms with Crippen LogP contribution >= 0.6 is 9.24 Å². The minimum Gasteiger partial charge on any atom is -0.383 e. The summed E-state index contributed by atoms with van der Waals surface area (Å²) in [5.41, 5.74) is -0.463. The SMILES string of the molecule is CC(C)N/C(=C(\C(=N)C(F)F)C1CC1)C(F)P. The standard InChI is InChI=1S/C11H18F3N2P/c1-5(2)16-9(11(14)17)7(6-3-4-6)8(15)10(12)13/h5-6,10-11,15-16H,3-4,17H2,1-2H3/b9-7-,15-8?. The van der Waals surface area contributed by atoms with Crippen molar-refractivity contribution in [1.29, 1.82) is 5.41 Å². The van der Waals surface area contributed by atoms with Crippen molar-refractivity contribution in [1.82, 2.24) is 5.32 Å². The normalized spacial score (nSPS) is 19.3. The Balaban J connectivity index is 3.07. The molecule has 1 saturated carbocycles. The van der Waals surface area contributed by atoms with Gasteiger partial charge in [-0.2, -0.15) is 0 Å². The molecule has 0 bridgehead atoms. The first kappa shape index (κ1) is 14.5. The van der Waals surface area contributed by atoms with E-state index in [1.807, 2.05) is 23.1 Å². The number of hydrogen-bond acceptors (Lipinski definition) is 2. The highest BCUT2D eigenvalue weighted by molar-refractivity contribution is 7.17. The van der Waals surface area contributed by atoms with Crippen molar-refractivity contribution in [3.8, 4) is 0 Å². The molecule has 98 valence electrons. The largest absolute Gasteiger partial charge is 0.383 e. The van der Waals surface area contributed by atoms with Gasteiger partial charge in [-0.1, -0.05) is 9.24 Å². The van der Waals surface area contributed by atoms with Crippen LogP contribution in [0.15, 0.2) is 11.3 Å². The highest BCUT2D eigenvalue weighted by Gasteiger charge is 2.35. The summed E-state index contributed by atoms with van der Waals surface area (Å²) < 4.78 is 38.7. The van der Waals surface area contributed by atoms with Crippen LogP contribution in [-0.4, -0.2) is 24.1 Å². The van der Waals surface area contributed by atoms with E-state index in [2.05, 4.69) is 5.32 Å². The van der Waals surface area contributed by atoms with Gasteiger partial charge in [0.25, 0.3) is 6.43 Å². The zero-order valence-electron chi connectivity index (χ0n) is 9.93. The third-order valence-corrected chi connectivity index (χ3v) is 2.84. The fraction of sp³-hybridized carbons (Fsp3) is 0.727. The van der Waals surface area contributed by atoms with E-state index in [9.17, 15) is 13.2 Å². The molecule has 2 N–H and O–H groups in total. The van der Waals surface area contributed by atoms with E-state index in [0.717, 1.165) is 12.8 Å².